The summed E-state index contributed by atoms with van der Waals surface area (Å²) in [6.07, 6.45) is 1.69. The second-order valence-electron chi connectivity index (χ2n) is 10.2. The smallest absolute Gasteiger partial charge is 0.290 e. The highest BCUT2D eigenvalue weighted by atomic mass is 16.5. The van der Waals surface area contributed by atoms with E-state index in [4.69, 9.17) is 4.52 Å². The highest BCUT2D eigenvalue weighted by Gasteiger charge is 2.41. The predicted molar refractivity (Wildman–Crippen MR) is 160 cm³/mol. The summed E-state index contributed by atoms with van der Waals surface area (Å²) in [6.45, 7) is 3.28. The lowest BCUT2D eigenvalue weighted by Gasteiger charge is -2.14. The summed E-state index contributed by atoms with van der Waals surface area (Å²) in [5.74, 6) is -1.68. The van der Waals surface area contributed by atoms with Crippen LogP contribution in [0.2, 0.25) is 0 Å². The SMILES string of the molecule is Cc1cc2c(c(C(=O)Nc3cccc(C(=O)Nc4ccn(C)n4)c3)n1)C(=O)N(c1ccc(-c3c(C)on(C)c3=O)cc1)C2=O. The van der Waals surface area contributed by atoms with Crippen molar-refractivity contribution < 1.29 is 23.7 Å². The molecule has 0 bridgehead atoms. The summed E-state index contributed by atoms with van der Waals surface area (Å²) in [5, 5.41) is 9.48. The molecular weight excluding hydrogens is 566 g/mol. The topological polar surface area (TPSA) is 161 Å². The maximum Gasteiger partial charge on any atom is 0.290 e. The molecule has 0 fully saturated rings. The first kappa shape index (κ1) is 28.0. The normalized spacial score (nSPS) is 12.4. The van der Waals surface area contributed by atoms with Crippen LogP contribution < -0.4 is 21.1 Å². The number of fused-ring (bicyclic) bond motifs is 1. The number of aromatic nitrogens is 4. The van der Waals surface area contributed by atoms with Crippen molar-refractivity contribution in [1.82, 2.24) is 19.5 Å². The first-order valence-electron chi connectivity index (χ1n) is 13.4. The van der Waals surface area contributed by atoms with Crippen LogP contribution in [0.15, 0.2) is 76.2 Å². The first-order chi connectivity index (χ1) is 21.0. The Morgan fingerprint density at radius 2 is 1.59 bits per heavy atom. The molecule has 0 saturated heterocycles. The molecule has 5 aromatic rings. The number of aryl methyl sites for hydroxylation is 4. The maximum atomic E-state index is 13.6. The molecule has 0 unspecified atom stereocenters. The Hall–Kier alpha value is -6.11. The Morgan fingerprint density at radius 3 is 2.25 bits per heavy atom. The fourth-order valence-corrected chi connectivity index (χ4v) is 5.08. The molecule has 6 rings (SSSR count). The zero-order valence-corrected chi connectivity index (χ0v) is 24.0. The van der Waals surface area contributed by atoms with Crippen molar-refractivity contribution in [1.29, 1.82) is 0 Å². The third-order valence-corrected chi connectivity index (χ3v) is 7.09. The van der Waals surface area contributed by atoms with Gasteiger partial charge in [-0.1, -0.05) is 18.2 Å². The largest absolute Gasteiger partial charge is 0.381 e. The second-order valence-corrected chi connectivity index (χ2v) is 10.2. The number of carbonyl (C=O) groups excluding carboxylic acids is 4. The van der Waals surface area contributed by atoms with Gasteiger partial charge in [-0.05, 0) is 55.8 Å². The number of imide groups is 1. The number of amides is 4. The van der Waals surface area contributed by atoms with Gasteiger partial charge in [-0.25, -0.2) is 9.88 Å². The molecule has 4 amide bonds. The Morgan fingerprint density at radius 1 is 0.841 bits per heavy atom. The van der Waals surface area contributed by atoms with Gasteiger partial charge < -0.3 is 15.2 Å². The minimum atomic E-state index is -0.725. The van der Waals surface area contributed by atoms with Gasteiger partial charge in [0, 0.05) is 43.3 Å². The van der Waals surface area contributed by atoms with Gasteiger partial charge >= 0.3 is 0 Å². The summed E-state index contributed by atoms with van der Waals surface area (Å²) < 4.78 is 8.03. The number of rotatable bonds is 6. The molecule has 1 aliphatic heterocycles. The quantitative estimate of drug-likeness (QED) is 0.283. The summed E-state index contributed by atoms with van der Waals surface area (Å²) in [7, 11) is 3.23. The number of benzene rings is 2. The molecule has 13 heteroatoms. The summed E-state index contributed by atoms with van der Waals surface area (Å²) >= 11 is 0. The van der Waals surface area contributed by atoms with Gasteiger partial charge in [0.25, 0.3) is 29.2 Å². The van der Waals surface area contributed by atoms with E-state index in [1.54, 1.807) is 80.3 Å². The number of nitrogens with zero attached hydrogens (tertiary/aromatic N) is 5. The molecule has 2 aromatic carbocycles. The monoisotopic (exact) mass is 591 g/mol. The van der Waals surface area contributed by atoms with E-state index in [1.807, 2.05) is 0 Å². The van der Waals surface area contributed by atoms with E-state index in [0.29, 0.717) is 28.4 Å². The van der Waals surface area contributed by atoms with Gasteiger partial charge in [-0.3, -0.25) is 28.7 Å². The molecular formula is C31H25N7O6. The number of pyridine rings is 1. The van der Waals surface area contributed by atoms with Crippen LogP contribution in [-0.2, 0) is 14.1 Å². The van der Waals surface area contributed by atoms with Crippen LogP contribution in [0.1, 0.15) is 53.0 Å². The number of nitrogens with one attached hydrogen (secondary N) is 2. The lowest BCUT2D eigenvalue weighted by Crippen LogP contribution is -2.30. The van der Waals surface area contributed by atoms with Gasteiger partial charge in [-0.2, -0.15) is 9.84 Å². The van der Waals surface area contributed by atoms with Crippen molar-refractivity contribution in [3.8, 4) is 11.1 Å². The summed E-state index contributed by atoms with van der Waals surface area (Å²) in [5.41, 5.74) is 1.47. The van der Waals surface area contributed by atoms with Crippen molar-refractivity contribution in [2.45, 2.75) is 13.8 Å². The third kappa shape index (κ3) is 4.85. The van der Waals surface area contributed by atoms with E-state index in [2.05, 4.69) is 20.7 Å². The van der Waals surface area contributed by atoms with Crippen LogP contribution in [0, 0.1) is 13.8 Å². The Balaban J connectivity index is 1.26. The predicted octanol–water partition coefficient (Wildman–Crippen LogP) is 3.70. The molecule has 3 aromatic heterocycles. The minimum absolute atomic E-state index is 0.0414. The molecule has 4 heterocycles. The molecule has 0 aliphatic carbocycles. The van der Waals surface area contributed by atoms with Crippen LogP contribution in [0.25, 0.3) is 11.1 Å². The Bertz CT molecular complexity index is 2070. The molecule has 0 spiro atoms. The van der Waals surface area contributed by atoms with E-state index < -0.39 is 23.6 Å². The zero-order chi connectivity index (χ0) is 31.3. The van der Waals surface area contributed by atoms with E-state index in [9.17, 15) is 24.0 Å². The number of hydrogen-bond donors (Lipinski definition) is 2. The Labute approximate surface area is 249 Å². The first-order valence-corrected chi connectivity index (χ1v) is 13.4. The van der Waals surface area contributed by atoms with Crippen LogP contribution in [0.5, 0.6) is 0 Å². The van der Waals surface area contributed by atoms with E-state index in [1.165, 1.54) is 19.2 Å². The lowest BCUT2D eigenvalue weighted by atomic mass is 10.1. The Kier molecular flexibility index (Phi) is 6.77. The highest BCUT2D eigenvalue weighted by Crippen LogP contribution is 2.32. The standard InChI is InChI=1S/C31H25N7O6/c1-16-14-22-25(31(43)38(29(22)41)21-10-8-18(9-11-21)24-17(2)44-37(4)30(24)42)26(32-16)28(40)33-20-7-5-6-19(15-20)27(39)34-23-12-13-36(3)35-23/h5-15H,1-4H3,(H,33,40)(H,34,35,39). The lowest BCUT2D eigenvalue weighted by molar-refractivity contribution is 0.0919. The molecule has 1 aliphatic rings. The molecule has 220 valence electrons. The average molecular weight is 592 g/mol. The second kappa shape index (κ2) is 10.6. The van der Waals surface area contributed by atoms with Crippen LogP contribution in [-0.4, -0.2) is 43.1 Å². The highest BCUT2D eigenvalue weighted by molar-refractivity contribution is 6.36. The van der Waals surface area contributed by atoms with Crippen LogP contribution >= 0.6 is 0 Å². The van der Waals surface area contributed by atoms with Crippen molar-refractivity contribution >= 4 is 40.8 Å². The molecule has 44 heavy (non-hydrogen) atoms. The maximum absolute atomic E-state index is 13.6. The van der Waals surface area contributed by atoms with Crippen LogP contribution in [0.4, 0.5) is 17.2 Å². The number of carbonyl (C=O) groups is 4. The van der Waals surface area contributed by atoms with Crippen molar-refractivity contribution in [3.05, 3.63) is 111 Å². The summed E-state index contributed by atoms with van der Waals surface area (Å²) in [4.78, 5) is 71.0. The van der Waals surface area contributed by atoms with Crippen molar-refractivity contribution in [2.24, 2.45) is 14.1 Å². The number of hydrogen-bond acceptors (Lipinski definition) is 8. The third-order valence-electron chi connectivity index (χ3n) is 7.09. The molecule has 0 radical (unpaired) electrons. The zero-order valence-electron chi connectivity index (χ0n) is 24.0. The van der Waals surface area contributed by atoms with Crippen LogP contribution in [0.3, 0.4) is 0 Å². The van der Waals surface area contributed by atoms with Gasteiger partial charge in [0.1, 0.15) is 11.5 Å². The molecule has 0 saturated carbocycles. The van der Waals surface area contributed by atoms with Gasteiger partial charge in [0.15, 0.2) is 5.82 Å². The minimum Gasteiger partial charge on any atom is -0.381 e. The van der Waals surface area contributed by atoms with Crippen molar-refractivity contribution in [2.75, 3.05) is 15.5 Å². The van der Waals surface area contributed by atoms with E-state index in [0.717, 1.165) is 9.64 Å². The van der Waals surface area contributed by atoms with E-state index >= 15 is 0 Å². The van der Waals surface area contributed by atoms with Gasteiger partial charge in [-0.15, -0.1) is 0 Å². The number of anilines is 3. The molecule has 13 nitrogen and oxygen atoms in total. The van der Waals surface area contributed by atoms with Gasteiger partial charge in [0.2, 0.25) is 0 Å². The van der Waals surface area contributed by atoms with Crippen molar-refractivity contribution in [3.63, 3.8) is 0 Å². The average Bonchev–Trinajstić information content (AvgIpc) is 3.60. The van der Waals surface area contributed by atoms with Gasteiger partial charge in [0.05, 0.1) is 22.4 Å². The fraction of sp³-hybridized carbons (Fsp3) is 0.129. The summed E-state index contributed by atoms with van der Waals surface area (Å²) in [6, 6.07) is 15.7. The van der Waals surface area contributed by atoms with E-state index in [-0.39, 0.29) is 39.3 Å². The molecule has 2 N–H and O–H groups in total. The molecule has 0 atom stereocenters. The fourth-order valence-electron chi connectivity index (χ4n) is 5.08.